The molecule has 0 saturated carbocycles. The molecule has 4 aromatic rings. The van der Waals surface area contributed by atoms with Crippen LogP contribution in [0.3, 0.4) is 0 Å². The van der Waals surface area contributed by atoms with E-state index in [2.05, 4.69) is 21.3 Å². The van der Waals surface area contributed by atoms with E-state index >= 15 is 0 Å². The molecule has 0 saturated heterocycles. The van der Waals surface area contributed by atoms with Gasteiger partial charge in [0.2, 0.25) is 5.91 Å². The predicted molar refractivity (Wildman–Crippen MR) is 200 cm³/mol. The SMILES string of the molecule is COC(=O)c1cc(OC)c(OCCCC(=O)Nc2cc(C(=O)Nc3cc(C(=O)Nc4cc(C(=O)NCCCN(C)C)n(C)c4)n(C)c3)n(C)c2)cc1N. The largest absolute Gasteiger partial charge is 0.493 e. The third kappa shape index (κ3) is 10.4. The average molecular weight is 734 g/mol. The number of nitrogen functional groups attached to an aromatic ring is 1. The Labute approximate surface area is 307 Å². The van der Waals surface area contributed by atoms with Crippen LogP contribution in [0.15, 0.2) is 48.9 Å². The molecular formula is C36H47N9O8. The van der Waals surface area contributed by atoms with Crippen molar-refractivity contribution >= 4 is 52.3 Å². The molecule has 0 atom stereocenters. The second-order valence-corrected chi connectivity index (χ2v) is 12.6. The molecule has 53 heavy (non-hydrogen) atoms. The Balaban J connectivity index is 1.28. The van der Waals surface area contributed by atoms with Crippen molar-refractivity contribution in [1.29, 1.82) is 0 Å². The van der Waals surface area contributed by atoms with Crippen LogP contribution in [0.1, 0.15) is 61.1 Å². The Kier molecular flexibility index (Phi) is 13.3. The highest BCUT2D eigenvalue weighted by Crippen LogP contribution is 2.33. The highest BCUT2D eigenvalue weighted by Gasteiger charge is 2.20. The summed E-state index contributed by atoms with van der Waals surface area (Å²) in [4.78, 5) is 65.6. The lowest BCUT2D eigenvalue weighted by Crippen LogP contribution is -2.28. The molecule has 0 bridgehead atoms. The Hall–Kier alpha value is -6.23. The van der Waals surface area contributed by atoms with Gasteiger partial charge in [-0.05, 0) is 51.7 Å². The summed E-state index contributed by atoms with van der Waals surface area (Å²) >= 11 is 0. The van der Waals surface area contributed by atoms with Crippen LogP contribution >= 0.6 is 0 Å². The van der Waals surface area contributed by atoms with Crippen molar-refractivity contribution in [2.45, 2.75) is 19.3 Å². The fourth-order valence-corrected chi connectivity index (χ4v) is 5.43. The maximum atomic E-state index is 13.2. The number of hydrogen-bond acceptors (Lipinski definition) is 10. The van der Waals surface area contributed by atoms with E-state index in [0.29, 0.717) is 47.2 Å². The third-order valence-corrected chi connectivity index (χ3v) is 8.13. The van der Waals surface area contributed by atoms with E-state index < -0.39 is 17.8 Å². The fraction of sp³-hybridized carbons (Fsp3) is 0.361. The minimum Gasteiger partial charge on any atom is -0.493 e. The normalized spacial score (nSPS) is 10.9. The molecule has 17 heteroatoms. The topological polar surface area (TPSA) is 205 Å². The smallest absolute Gasteiger partial charge is 0.340 e. The van der Waals surface area contributed by atoms with Crippen LogP contribution < -0.4 is 36.5 Å². The summed E-state index contributed by atoms with van der Waals surface area (Å²) in [5.41, 5.74) is 8.49. The summed E-state index contributed by atoms with van der Waals surface area (Å²) < 4.78 is 20.6. The van der Waals surface area contributed by atoms with Gasteiger partial charge in [-0.15, -0.1) is 0 Å². The molecule has 0 aliphatic carbocycles. The van der Waals surface area contributed by atoms with Crippen LogP contribution in [-0.2, 0) is 30.7 Å². The van der Waals surface area contributed by atoms with Gasteiger partial charge < -0.3 is 59.8 Å². The molecule has 0 spiro atoms. The predicted octanol–water partition coefficient (Wildman–Crippen LogP) is 3.06. The summed E-state index contributed by atoms with van der Waals surface area (Å²) in [6, 6.07) is 7.58. The zero-order valence-corrected chi connectivity index (χ0v) is 31.0. The number of ether oxygens (including phenoxy) is 3. The van der Waals surface area contributed by atoms with Crippen LogP contribution in [0.4, 0.5) is 22.7 Å². The molecule has 0 aliphatic heterocycles. The van der Waals surface area contributed by atoms with Gasteiger partial charge in [-0.2, -0.15) is 0 Å². The van der Waals surface area contributed by atoms with E-state index in [1.54, 1.807) is 71.6 Å². The second-order valence-electron chi connectivity index (χ2n) is 12.6. The molecule has 17 nitrogen and oxygen atoms in total. The van der Waals surface area contributed by atoms with E-state index in [0.717, 1.165) is 13.0 Å². The van der Waals surface area contributed by atoms with Gasteiger partial charge in [0.1, 0.15) is 17.1 Å². The first kappa shape index (κ1) is 39.6. The maximum absolute atomic E-state index is 13.2. The number of rotatable bonds is 17. The number of carbonyl (C=O) groups is 5. The average Bonchev–Trinajstić information content (AvgIpc) is 3.79. The Bertz CT molecular complexity index is 1970. The van der Waals surface area contributed by atoms with Crippen molar-refractivity contribution in [3.8, 4) is 11.5 Å². The van der Waals surface area contributed by atoms with Gasteiger partial charge in [0, 0.05) is 64.8 Å². The van der Waals surface area contributed by atoms with Crippen molar-refractivity contribution in [1.82, 2.24) is 23.9 Å². The van der Waals surface area contributed by atoms with Crippen LogP contribution in [0, 0.1) is 0 Å². The quantitative estimate of drug-likeness (QED) is 0.0609. The lowest BCUT2D eigenvalue weighted by Gasteiger charge is -2.13. The van der Waals surface area contributed by atoms with Crippen LogP contribution in [0.2, 0.25) is 0 Å². The van der Waals surface area contributed by atoms with Gasteiger partial charge in [0.15, 0.2) is 11.5 Å². The van der Waals surface area contributed by atoms with Crippen LogP contribution in [0.5, 0.6) is 11.5 Å². The molecule has 4 amide bonds. The molecule has 6 N–H and O–H groups in total. The number of anilines is 4. The zero-order valence-electron chi connectivity index (χ0n) is 31.0. The number of aryl methyl sites for hydroxylation is 3. The summed E-state index contributed by atoms with van der Waals surface area (Å²) in [6.07, 6.45) is 6.16. The second kappa shape index (κ2) is 17.8. The lowest BCUT2D eigenvalue weighted by molar-refractivity contribution is -0.116. The van der Waals surface area contributed by atoms with Gasteiger partial charge in [0.25, 0.3) is 17.7 Å². The number of carbonyl (C=O) groups excluding carboxylic acids is 5. The summed E-state index contributed by atoms with van der Waals surface area (Å²) in [7, 11) is 11.7. The highest BCUT2D eigenvalue weighted by atomic mass is 16.5. The fourth-order valence-electron chi connectivity index (χ4n) is 5.43. The molecule has 3 heterocycles. The number of nitrogens with zero attached hydrogens (tertiary/aromatic N) is 4. The van der Waals surface area contributed by atoms with E-state index in [-0.39, 0.29) is 47.5 Å². The van der Waals surface area contributed by atoms with Crippen LogP contribution in [-0.4, -0.2) is 96.2 Å². The molecule has 3 aromatic heterocycles. The van der Waals surface area contributed by atoms with Crippen molar-refractivity contribution in [3.63, 3.8) is 0 Å². The number of nitrogens with one attached hydrogen (secondary N) is 4. The number of esters is 1. The molecule has 0 aliphatic rings. The first-order valence-corrected chi connectivity index (χ1v) is 16.7. The molecule has 4 rings (SSSR count). The zero-order chi connectivity index (χ0) is 38.8. The van der Waals surface area contributed by atoms with Gasteiger partial charge in [0.05, 0.1) is 49.1 Å². The van der Waals surface area contributed by atoms with E-state index in [9.17, 15) is 24.0 Å². The van der Waals surface area contributed by atoms with Crippen molar-refractivity contribution in [2.24, 2.45) is 21.1 Å². The molecule has 0 unspecified atom stereocenters. The molecule has 0 radical (unpaired) electrons. The Morgan fingerprint density at radius 1 is 0.717 bits per heavy atom. The van der Waals surface area contributed by atoms with Crippen molar-refractivity contribution in [3.05, 3.63) is 71.6 Å². The monoisotopic (exact) mass is 733 g/mol. The molecule has 284 valence electrons. The first-order valence-electron chi connectivity index (χ1n) is 16.7. The molecule has 1 aromatic carbocycles. The number of nitrogens with two attached hydrogens (primary N) is 1. The summed E-state index contributed by atoms with van der Waals surface area (Å²) in [6.45, 7) is 1.55. The van der Waals surface area contributed by atoms with Crippen molar-refractivity contribution in [2.75, 3.05) is 69.7 Å². The maximum Gasteiger partial charge on any atom is 0.340 e. The van der Waals surface area contributed by atoms with Gasteiger partial charge >= 0.3 is 5.97 Å². The number of amides is 4. The van der Waals surface area contributed by atoms with E-state index in [1.807, 2.05) is 19.0 Å². The van der Waals surface area contributed by atoms with E-state index in [4.69, 9.17) is 19.9 Å². The standard InChI is InChI=1S/C36H47N9O8/c1-42(2)12-9-11-38-33(47)27-15-23(20-43(27)3)40-35(49)29-16-24(21-45(29)5)41-34(48)28-14-22(19-44(28)4)39-32(46)10-8-13-53-31-18-26(37)25(36(50)52-7)17-30(31)51-6/h14-21H,8-13,37H2,1-7H3,(H,38,47)(H,39,46)(H,40,49)(H,41,48). The molecular weight excluding hydrogens is 686 g/mol. The van der Waals surface area contributed by atoms with Gasteiger partial charge in [-0.3, -0.25) is 19.2 Å². The lowest BCUT2D eigenvalue weighted by atomic mass is 10.1. The number of hydrogen-bond donors (Lipinski definition) is 5. The number of methoxy groups -OCH3 is 2. The van der Waals surface area contributed by atoms with Gasteiger partial charge in [-0.1, -0.05) is 0 Å². The first-order chi connectivity index (χ1) is 25.2. The van der Waals surface area contributed by atoms with E-state index in [1.165, 1.54) is 26.4 Å². The Morgan fingerprint density at radius 3 is 1.75 bits per heavy atom. The summed E-state index contributed by atoms with van der Waals surface area (Å²) in [5, 5.41) is 11.3. The minimum atomic E-state index is -0.603. The Morgan fingerprint density at radius 2 is 1.25 bits per heavy atom. The number of aromatic nitrogens is 3. The number of benzene rings is 1. The van der Waals surface area contributed by atoms with Crippen molar-refractivity contribution < 1.29 is 38.2 Å². The highest BCUT2D eigenvalue weighted by molar-refractivity contribution is 6.07. The summed E-state index contributed by atoms with van der Waals surface area (Å²) in [5.74, 6) is -1.39. The van der Waals surface area contributed by atoms with Crippen LogP contribution in [0.25, 0.3) is 0 Å². The third-order valence-electron chi connectivity index (χ3n) is 8.13. The molecule has 0 fully saturated rings. The minimum absolute atomic E-state index is 0.123. The van der Waals surface area contributed by atoms with Gasteiger partial charge in [-0.25, -0.2) is 4.79 Å².